The second kappa shape index (κ2) is 9.49. The van der Waals surface area contributed by atoms with Crippen LogP contribution in [-0.4, -0.2) is 73.8 Å². The van der Waals surface area contributed by atoms with Crippen molar-refractivity contribution in [2.45, 2.75) is 12.5 Å². The lowest BCUT2D eigenvalue weighted by Crippen LogP contribution is -2.37. The first-order valence-electron chi connectivity index (χ1n) is 8.90. The van der Waals surface area contributed by atoms with Gasteiger partial charge in [-0.2, -0.15) is 5.26 Å². The zero-order valence-electron chi connectivity index (χ0n) is 16.2. The molecule has 1 unspecified atom stereocenters. The molecule has 1 aliphatic rings. The lowest BCUT2D eigenvalue weighted by atomic mass is 10.2. The van der Waals surface area contributed by atoms with Crippen LogP contribution < -0.4 is 5.32 Å². The first-order chi connectivity index (χ1) is 13.6. The average molecular weight is 421 g/mol. The van der Waals surface area contributed by atoms with Crippen molar-refractivity contribution in [2.24, 2.45) is 0 Å². The Hall–Kier alpha value is -2.97. The van der Waals surface area contributed by atoms with Gasteiger partial charge in [-0.25, -0.2) is 8.42 Å². The number of sulfone groups is 1. The molecule has 2 rings (SSSR count). The van der Waals surface area contributed by atoms with Gasteiger partial charge in [-0.05, 0) is 26.6 Å². The van der Waals surface area contributed by atoms with E-state index < -0.39 is 20.7 Å². The normalized spacial score (nSPS) is 18.3. The minimum absolute atomic E-state index is 0.0214. The van der Waals surface area contributed by atoms with Crippen LogP contribution in [0.25, 0.3) is 0 Å². The Labute approximate surface area is 169 Å². The lowest BCUT2D eigenvalue weighted by Gasteiger charge is -2.28. The highest BCUT2D eigenvalue weighted by Crippen LogP contribution is 2.24. The van der Waals surface area contributed by atoms with E-state index in [0.717, 1.165) is 0 Å². The number of carbonyl (C=O) groups is 1. The molecule has 0 aliphatic carbocycles. The molecule has 0 saturated carbocycles. The van der Waals surface area contributed by atoms with E-state index in [9.17, 15) is 28.6 Å². The topological polar surface area (TPSA) is 137 Å². The molecule has 1 saturated heterocycles. The molecule has 1 atom stereocenters. The Balaban J connectivity index is 2.26. The third-order valence-corrected chi connectivity index (χ3v) is 6.24. The summed E-state index contributed by atoms with van der Waals surface area (Å²) in [5.41, 5.74) is -0.567. The number of nitro groups is 1. The van der Waals surface area contributed by atoms with Gasteiger partial charge in [0.25, 0.3) is 11.6 Å². The quantitative estimate of drug-likeness (QED) is 0.284. The molecule has 1 amide bonds. The fourth-order valence-corrected chi connectivity index (χ4v) is 4.68. The number of amides is 1. The molecule has 1 N–H and O–H groups in total. The highest BCUT2D eigenvalue weighted by Gasteiger charge is 2.31. The number of benzene rings is 1. The van der Waals surface area contributed by atoms with Crippen LogP contribution in [0.2, 0.25) is 0 Å². The van der Waals surface area contributed by atoms with E-state index in [-0.39, 0.29) is 34.5 Å². The van der Waals surface area contributed by atoms with Crippen LogP contribution in [0.4, 0.5) is 11.4 Å². The van der Waals surface area contributed by atoms with E-state index in [2.05, 4.69) is 5.32 Å². The molecule has 29 heavy (non-hydrogen) atoms. The number of nitrogens with one attached hydrogen (secondary N) is 1. The minimum atomic E-state index is -3.15. The molecule has 11 heteroatoms. The van der Waals surface area contributed by atoms with Crippen molar-refractivity contribution in [3.05, 3.63) is 46.2 Å². The van der Waals surface area contributed by atoms with Gasteiger partial charge in [0.2, 0.25) is 0 Å². The number of nitrogens with zero attached hydrogens (tertiary/aromatic N) is 4. The second-order valence-corrected chi connectivity index (χ2v) is 9.21. The molecule has 1 heterocycles. The van der Waals surface area contributed by atoms with Crippen LogP contribution in [0.5, 0.6) is 0 Å². The molecule has 10 nitrogen and oxygen atoms in total. The first-order valence-corrected chi connectivity index (χ1v) is 10.7. The summed E-state index contributed by atoms with van der Waals surface area (Å²) < 4.78 is 23.7. The van der Waals surface area contributed by atoms with Crippen molar-refractivity contribution in [1.29, 1.82) is 5.26 Å². The van der Waals surface area contributed by atoms with Gasteiger partial charge in [0.1, 0.15) is 17.3 Å². The van der Waals surface area contributed by atoms with Gasteiger partial charge in [0.15, 0.2) is 9.84 Å². The summed E-state index contributed by atoms with van der Waals surface area (Å²) in [5.74, 6) is -0.770. The predicted octanol–water partition coefficient (Wildman–Crippen LogP) is 0.991. The SMILES string of the molecule is CN(C)CCN(/C=C(/C#N)C(=O)Nc1ccccc1[N+](=O)[O-])C1CCS(=O)(=O)C1. The van der Waals surface area contributed by atoms with E-state index in [1.807, 2.05) is 25.1 Å². The molecular formula is C18H23N5O5S. The van der Waals surface area contributed by atoms with E-state index in [1.54, 1.807) is 4.90 Å². The molecule has 1 aromatic rings. The van der Waals surface area contributed by atoms with Crippen LogP contribution in [-0.2, 0) is 14.6 Å². The van der Waals surface area contributed by atoms with Crippen LogP contribution in [0, 0.1) is 21.4 Å². The van der Waals surface area contributed by atoms with E-state index in [4.69, 9.17) is 0 Å². The lowest BCUT2D eigenvalue weighted by molar-refractivity contribution is -0.383. The Morgan fingerprint density at radius 3 is 2.62 bits per heavy atom. The van der Waals surface area contributed by atoms with Gasteiger partial charge in [-0.1, -0.05) is 12.1 Å². The molecule has 1 aliphatic heterocycles. The summed E-state index contributed by atoms with van der Waals surface area (Å²) in [6.07, 6.45) is 1.76. The number of hydrogen-bond acceptors (Lipinski definition) is 8. The summed E-state index contributed by atoms with van der Waals surface area (Å²) in [6, 6.07) is 7.10. The highest BCUT2D eigenvalue weighted by atomic mass is 32.2. The Morgan fingerprint density at radius 1 is 1.38 bits per heavy atom. The van der Waals surface area contributed by atoms with Crippen LogP contribution in [0.3, 0.4) is 0 Å². The van der Waals surface area contributed by atoms with Gasteiger partial charge in [-0.3, -0.25) is 14.9 Å². The fourth-order valence-electron chi connectivity index (χ4n) is 2.94. The monoisotopic (exact) mass is 421 g/mol. The summed E-state index contributed by atoms with van der Waals surface area (Å²) in [5, 5.41) is 23.0. The number of hydrogen-bond donors (Lipinski definition) is 1. The van der Waals surface area contributed by atoms with Crippen molar-refractivity contribution in [3.8, 4) is 6.07 Å². The number of likely N-dealkylation sites (N-methyl/N-ethyl adjacent to an activating group) is 1. The summed E-state index contributed by atoms with van der Waals surface area (Å²) in [6.45, 7) is 1.02. The second-order valence-electron chi connectivity index (χ2n) is 6.98. The maximum atomic E-state index is 12.6. The van der Waals surface area contributed by atoms with Gasteiger partial charge in [0, 0.05) is 31.4 Å². The predicted molar refractivity (Wildman–Crippen MR) is 108 cm³/mol. The van der Waals surface area contributed by atoms with Gasteiger partial charge < -0.3 is 15.1 Å². The van der Waals surface area contributed by atoms with Crippen LogP contribution >= 0.6 is 0 Å². The molecule has 156 valence electrons. The van der Waals surface area contributed by atoms with Crippen molar-refractivity contribution < 1.29 is 18.1 Å². The fraction of sp³-hybridized carbons (Fsp3) is 0.444. The first kappa shape index (κ1) is 22.3. The Kier molecular flexibility index (Phi) is 7.30. The van der Waals surface area contributed by atoms with E-state index >= 15 is 0 Å². The average Bonchev–Trinajstić information content (AvgIpc) is 3.01. The molecule has 0 radical (unpaired) electrons. The molecule has 0 bridgehead atoms. The molecule has 0 spiro atoms. The third kappa shape index (κ3) is 6.27. The van der Waals surface area contributed by atoms with Gasteiger partial charge in [0.05, 0.1) is 16.4 Å². The standard InChI is InChI=1S/C18H23N5O5S/c1-21(2)8-9-22(15-7-10-29(27,28)13-15)12-14(11-19)18(24)20-16-5-3-4-6-17(16)23(25)26/h3-6,12,15H,7-10,13H2,1-2H3,(H,20,24)/b14-12-. The maximum absolute atomic E-state index is 12.6. The van der Waals surface area contributed by atoms with Crippen molar-refractivity contribution in [1.82, 2.24) is 9.80 Å². The summed E-state index contributed by atoms with van der Waals surface area (Å²) >= 11 is 0. The largest absolute Gasteiger partial charge is 0.371 e. The number of anilines is 1. The van der Waals surface area contributed by atoms with E-state index in [1.165, 1.54) is 30.5 Å². The number of nitriles is 1. The van der Waals surface area contributed by atoms with Crippen molar-refractivity contribution in [2.75, 3.05) is 44.0 Å². The van der Waals surface area contributed by atoms with Crippen LogP contribution in [0.15, 0.2) is 36.0 Å². The zero-order chi connectivity index (χ0) is 21.6. The smallest absolute Gasteiger partial charge is 0.292 e. The summed E-state index contributed by atoms with van der Waals surface area (Å²) in [4.78, 5) is 26.6. The Bertz CT molecular complexity index is 952. The third-order valence-electron chi connectivity index (χ3n) is 4.49. The number of nitro benzene ring substituents is 1. The molecule has 0 aromatic heterocycles. The van der Waals surface area contributed by atoms with Crippen molar-refractivity contribution >= 4 is 27.1 Å². The van der Waals surface area contributed by atoms with Crippen molar-refractivity contribution in [3.63, 3.8) is 0 Å². The van der Waals surface area contributed by atoms with Crippen LogP contribution in [0.1, 0.15) is 6.42 Å². The number of rotatable bonds is 8. The summed E-state index contributed by atoms with van der Waals surface area (Å²) in [7, 11) is 0.573. The van der Waals surface area contributed by atoms with Gasteiger partial charge in [-0.15, -0.1) is 0 Å². The van der Waals surface area contributed by atoms with Gasteiger partial charge >= 0.3 is 0 Å². The Morgan fingerprint density at radius 2 is 2.07 bits per heavy atom. The highest BCUT2D eigenvalue weighted by molar-refractivity contribution is 7.91. The minimum Gasteiger partial charge on any atom is -0.371 e. The molecular weight excluding hydrogens is 398 g/mol. The molecule has 1 fully saturated rings. The molecule has 1 aromatic carbocycles. The number of carbonyl (C=O) groups excluding carboxylic acids is 1. The number of para-hydroxylation sites is 2. The van der Waals surface area contributed by atoms with E-state index in [0.29, 0.717) is 19.5 Å². The maximum Gasteiger partial charge on any atom is 0.292 e. The zero-order valence-corrected chi connectivity index (χ0v) is 17.1.